The molecule has 0 aliphatic carbocycles. The van der Waals surface area contributed by atoms with E-state index in [0.717, 1.165) is 45.3 Å². The first-order valence-corrected chi connectivity index (χ1v) is 27.7. The quantitative estimate of drug-likeness (QED) is 0.127. The van der Waals surface area contributed by atoms with Gasteiger partial charge in [0.2, 0.25) is 0 Å². The molecule has 2 nitrogen and oxygen atoms in total. The SMILES string of the molecule is Cc1cc(-c2ccc(N(c3ccc(-c4cccc5ccccc45)cc3)c3ccccc3-c3cccc4ccccc34)c(C)c2)ccc1N(c1ccc(-c2cccc3ccccc23)cc1)c1ccccc1-c1cccc2ccccc12. The first-order valence-electron chi connectivity index (χ1n) is 27.7. The highest BCUT2D eigenvalue weighted by Gasteiger charge is 2.23. The number of hydrogen-bond acceptors (Lipinski definition) is 2. The van der Waals surface area contributed by atoms with E-state index in [1.807, 2.05) is 0 Å². The summed E-state index contributed by atoms with van der Waals surface area (Å²) < 4.78 is 0. The van der Waals surface area contributed by atoms with Crippen molar-refractivity contribution in [2.45, 2.75) is 13.8 Å². The Morgan fingerprint density at radius 1 is 0.200 bits per heavy atom. The van der Waals surface area contributed by atoms with Crippen molar-refractivity contribution in [2.75, 3.05) is 9.80 Å². The second kappa shape index (κ2) is 20.6. The van der Waals surface area contributed by atoms with Crippen molar-refractivity contribution in [2.24, 2.45) is 0 Å². The molecule has 0 aliphatic heterocycles. The van der Waals surface area contributed by atoms with Gasteiger partial charge >= 0.3 is 0 Å². The Morgan fingerprint density at radius 2 is 0.475 bits per heavy atom. The van der Waals surface area contributed by atoms with E-state index in [1.54, 1.807) is 0 Å². The lowest BCUT2D eigenvalue weighted by atomic mass is 9.94. The monoisotopic (exact) mass is 1020 g/mol. The van der Waals surface area contributed by atoms with Gasteiger partial charge in [0, 0.05) is 33.9 Å². The van der Waals surface area contributed by atoms with Crippen molar-refractivity contribution in [3.63, 3.8) is 0 Å². The van der Waals surface area contributed by atoms with E-state index in [9.17, 15) is 0 Å². The molecule has 0 saturated heterocycles. The lowest BCUT2D eigenvalue weighted by molar-refractivity contribution is 1.24. The van der Waals surface area contributed by atoms with Crippen LogP contribution in [0.5, 0.6) is 0 Å². The van der Waals surface area contributed by atoms with Crippen molar-refractivity contribution < 1.29 is 0 Å². The van der Waals surface area contributed by atoms with Gasteiger partial charge in [-0.1, -0.05) is 243 Å². The Balaban J connectivity index is 0.875. The molecule has 0 unspecified atom stereocenters. The molecule has 2 heteroatoms. The lowest BCUT2D eigenvalue weighted by Crippen LogP contribution is -2.13. The number of benzene rings is 14. The molecule has 0 atom stereocenters. The minimum Gasteiger partial charge on any atom is -0.310 e. The largest absolute Gasteiger partial charge is 0.310 e. The third kappa shape index (κ3) is 8.74. The summed E-state index contributed by atoms with van der Waals surface area (Å²) in [7, 11) is 0. The summed E-state index contributed by atoms with van der Waals surface area (Å²) in [5.74, 6) is 0. The van der Waals surface area contributed by atoms with Crippen LogP contribution in [0.1, 0.15) is 11.1 Å². The van der Waals surface area contributed by atoms with Crippen molar-refractivity contribution >= 4 is 77.2 Å². The number of nitrogens with zero attached hydrogens (tertiary/aromatic N) is 2. The minimum atomic E-state index is 1.09. The van der Waals surface area contributed by atoms with Crippen LogP contribution < -0.4 is 9.80 Å². The van der Waals surface area contributed by atoms with E-state index in [0.29, 0.717) is 0 Å². The van der Waals surface area contributed by atoms with Crippen LogP contribution in [-0.4, -0.2) is 0 Å². The average molecular weight is 1020 g/mol. The third-order valence-corrected chi connectivity index (χ3v) is 16.1. The predicted molar refractivity (Wildman–Crippen MR) is 342 cm³/mol. The highest BCUT2D eigenvalue weighted by Crippen LogP contribution is 2.48. The molecule has 0 saturated carbocycles. The minimum absolute atomic E-state index is 1.09. The molecule has 0 radical (unpaired) electrons. The van der Waals surface area contributed by atoms with Crippen molar-refractivity contribution in [1.82, 2.24) is 0 Å². The van der Waals surface area contributed by atoms with Gasteiger partial charge in [-0.25, -0.2) is 0 Å². The predicted octanol–water partition coefficient (Wildman–Crippen LogP) is 22.2. The molecule has 378 valence electrons. The van der Waals surface area contributed by atoms with Crippen molar-refractivity contribution in [3.8, 4) is 55.6 Å². The molecule has 0 heterocycles. The average Bonchev–Trinajstić information content (AvgIpc) is 3.64. The maximum Gasteiger partial charge on any atom is 0.0540 e. The zero-order valence-corrected chi connectivity index (χ0v) is 44.8. The van der Waals surface area contributed by atoms with Crippen LogP contribution in [0, 0.1) is 13.8 Å². The second-order valence-corrected chi connectivity index (χ2v) is 20.9. The Morgan fingerprint density at radius 3 is 0.838 bits per heavy atom. The number of hydrogen-bond donors (Lipinski definition) is 0. The van der Waals surface area contributed by atoms with Gasteiger partial charge in [-0.05, 0) is 173 Å². The summed E-state index contributed by atoms with van der Waals surface area (Å²) in [6.07, 6.45) is 0. The molecule has 0 fully saturated rings. The van der Waals surface area contributed by atoms with Crippen LogP contribution in [0.3, 0.4) is 0 Å². The maximum atomic E-state index is 2.45. The second-order valence-electron chi connectivity index (χ2n) is 20.9. The highest BCUT2D eigenvalue weighted by atomic mass is 15.2. The molecule has 0 aliphatic rings. The molecule has 0 N–H and O–H groups in total. The standard InChI is InChI=1S/C78H56N2/c1-53-51-61(43-49-75(53)79(63-45-39-59(40-46-63)67-33-15-23-55-19-3-7-27-65(55)67)77-37-13-11-31-73(77)71-35-17-25-57-21-5-9-29-69(57)71)62-44-50-76(54(2)52-62)80(64-47-41-60(42-48-64)68-34-16-24-56-20-4-8-28-66(56)68)78-38-14-12-32-74(78)72-36-18-26-58-22-6-10-30-70(58)72/h3-52H,1-2H3. The summed E-state index contributed by atoms with van der Waals surface area (Å²) >= 11 is 0. The van der Waals surface area contributed by atoms with E-state index in [4.69, 9.17) is 0 Å². The topological polar surface area (TPSA) is 6.48 Å². The fourth-order valence-corrected chi connectivity index (χ4v) is 12.2. The van der Waals surface area contributed by atoms with Gasteiger partial charge < -0.3 is 9.80 Å². The normalized spacial score (nSPS) is 11.4. The Labute approximate surface area is 468 Å². The Kier molecular flexibility index (Phi) is 12.4. The van der Waals surface area contributed by atoms with Gasteiger partial charge in [0.25, 0.3) is 0 Å². The van der Waals surface area contributed by atoms with Crippen LogP contribution in [0.15, 0.2) is 303 Å². The Bertz CT molecular complexity index is 4310. The molecule has 0 bridgehead atoms. The first kappa shape index (κ1) is 48.1. The molecular formula is C78H56N2. The fraction of sp³-hybridized carbons (Fsp3) is 0.0256. The highest BCUT2D eigenvalue weighted by molar-refractivity contribution is 6.04. The number of aryl methyl sites for hydroxylation is 2. The van der Waals surface area contributed by atoms with Gasteiger partial charge in [0.1, 0.15) is 0 Å². The van der Waals surface area contributed by atoms with Crippen LogP contribution in [0.2, 0.25) is 0 Å². The van der Waals surface area contributed by atoms with E-state index >= 15 is 0 Å². The zero-order chi connectivity index (χ0) is 53.5. The lowest BCUT2D eigenvalue weighted by Gasteiger charge is -2.30. The van der Waals surface area contributed by atoms with E-state index in [1.165, 1.54) is 98.7 Å². The van der Waals surface area contributed by atoms with Gasteiger partial charge in [-0.3, -0.25) is 0 Å². The maximum absolute atomic E-state index is 2.45. The Hall–Kier alpha value is -10.3. The van der Waals surface area contributed by atoms with Crippen molar-refractivity contribution in [3.05, 3.63) is 314 Å². The van der Waals surface area contributed by atoms with Crippen molar-refractivity contribution in [1.29, 1.82) is 0 Å². The molecule has 14 aromatic rings. The summed E-state index contributed by atoms with van der Waals surface area (Å²) in [5, 5.41) is 9.88. The molecule has 80 heavy (non-hydrogen) atoms. The number of anilines is 6. The summed E-state index contributed by atoms with van der Waals surface area (Å²) in [4.78, 5) is 4.91. The van der Waals surface area contributed by atoms with Crippen LogP contribution in [-0.2, 0) is 0 Å². The molecule has 0 aromatic heterocycles. The van der Waals surface area contributed by atoms with Gasteiger partial charge in [0.05, 0.1) is 11.4 Å². The molecule has 0 amide bonds. The fourth-order valence-electron chi connectivity index (χ4n) is 12.2. The van der Waals surface area contributed by atoms with Crippen LogP contribution in [0.4, 0.5) is 34.1 Å². The van der Waals surface area contributed by atoms with Crippen LogP contribution >= 0.6 is 0 Å². The molecule has 14 aromatic carbocycles. The van der Waals surface area contributed by atoms with E-state index in [-0.39, 0.29) is 0 Å². The van der Waals surface area contributed by atoms with Crippen LogP contribution in [0.25, 0.3) is 98.7 Å². The van der Waals surface area contributed by atoms with E-state index < -0.39 is 0 Å². The molecule has 14 rings (SSSR count). The summed E-state index contributed by atoms with van der Waals surface area (Å²) in [6, 6.07) is 111. The first-order chi connectivity index (χ1) is 39.5. The third-order valence-electron chi connectivity index (χ3n) is 16.1. The molecular weight excluding hydrogens is 965 g/mol. The van der Waals surface area contributed by atoms with Gasteiger partial charge in [-0.15, -0.1) is 0 Å². The molecule has 0 spiro atoms. The van der Waals surface area contributed by atoms with Gasteiger partial charge in [0.15, 0.2) is 0 Å². The number of fused-ring (bicyclic) bond motifs is 4. The van der Waals surface area contributed by atoms with E-state index in [2.05, 4.69) is 327 Å². The summed E-state index contributed by atoms with van der Waals surface area (Å²) in [6.45, 7) is 4.51. The van der Waals surface area contributed by atoms with Gasteiger partial charge in [-0.2, -0.15) is 0 Å². The zero-order valence-electron chi connectivity index (χ0n) is 44.8. The number of para-hydroxylation sites is 2. The summed E-state index contributed by atoms with van der Waals surface area (Å²) in [5.41, 5.74) is 20.9. The smallest absolute Gasteiger partial charge is 0.0540 e. The number of rotatable bonds is 11.